The van der Waals surface area contributed by atoms with E-state index in [2.05, 4.69) is 0 Å². The molecule has 8 nitrogen and oxygen atoms in total. The first kappa shape index (κ1) is 24.3. The second-order valence-electron chi connectivity index (χ2n) is 6.68. The summed E-state index contributed by atoms with van der Waals surface area (Å²) in [6.07, 6.45) is 0. The van der Waals surface area contributed by atoms with Gasteiger partial charge in [0.25, 0.3) is 0 Å². The lowest BCUT2D eigenvalue weighted by Gasteiger charge is -2.15. The largest absolute Gasteiger partial charge is 0.507 e. The number of aliphatic carboxylic acids is 1. The molecule has 1 unspecified atom stereocenters. The van der Waals surface area contributed by atoms with Crippen LogP contribution < -0.4 is 10.5 Å². The van der Waals surface area contributed by atoms with E-state index in [0.29, 0.717) is 0 Å². The predicted octanol–water partition coefficient (Wildman–Crippen LogP) is 4.12. The number of ether oxygens (including phenoxy) is 1. The summed E-state index contributed by atoms with van der Waals surface area (Å²) >= 11 is 12.3. The highest BCUT2D eigenvalue weighted by molar-refractivity contribution is 7.91. The van der Waals surface area contributed by atoms with Crippen LogP contribution in [0.25, 0.3) is 0 Å². The highest BCUT2D eigenvalue weighted by Gasteiger charge is 2.28. The fraction of sp³-hybridized carbons (Fsp3) is 0.0476. The SMILES string of the molecule is NC(=O)C(C(=O)O)c1cc(Cl)c(Oc2ccc(O)c(S(=O)(=O)c3ccc(F)cc3)c2)c(Cl)c1. The van der Waals surface area contributed by atoms with Crippen molar-refractivity contribution in [3.05, 3.63) is 76.0 Å². The monoisotopic (exact) mass is 513 g/mol. The molecule has 4 N–H and O–H groups in total. The number of amides is 1. The van der Waals surface area contributed by atoms with E-state index in [1.807, 2.05) is 0 Å². The molecule has 3 aromatic carbocycles. The molecule has 0 bridgehead atoms. The predicted molar refractivity (Wildman–Crippen MR) is 116 cm³/mol. The molecule has 0 heterocycles. The van der Waals surface area contributed by atoms with Gasteiger partial charge in [-0.25, -0.2) is 12.8 Å². The average molecular weight is 514 g/mol. The van der Waals surface area contributed by atoms with Gasteiger partial charge in [0.2, 0.25) is 15.7 Å². The standard InChI is InChI=1S/C21H14Cl2FNO7S/c22-14-7-10(18(20(25)27)21(28)29)8-15(23)19(14)32-12-3-6-16(26)17(9-12)33(30,31)13-4-1-11(24)2-5-13/h1-9,18,26H,(H2,25,27)(H,28,29). The fourth-order valence-electron chi connectivity index (χ4n) is 2.90. The Hall–Kier alpha value is -3.34. The molecular weight excluding hydrogens is 500 g/mol. The van der Waals surface area contributed by atoms with Gasteiger partial charge in [-0.15, -0.1) is 0 Å². The topological polar surface area (TPSA) is 144 Å². The minimum Gasteiger partial charge on any atom is -0.507 e. The van der Waals surface area contributed by atoms with Crippen LogP contribution in [-0.4, -0.2) is 30.5 Å². The number of aromatic hydroxyl groups is 1. The van der Waals surface area contributed by atoms with E-state index in [4.69, 9.17) is 33.7 Å². The number of hydrogen-bond acceptors (Lipinski definition) is 6. The van der Waals surface area contributed by atoms with Crippen LogP contribution in [0.4, 0.5) is 4.39 Å². The van der Waals surface area contributed by atoms with Crippen molar-refractivity contribution in [1.29, 1.82) is 0 Å². The zero-order valence-corrected chi connectivity index (χ0v) is 18.7. The second kappa shape index (κ2) is 9.26. The van der Waals surface area contributed by atoms with E-state index in [1.54, 1.807) is 0 Å². The molecule has 0 saturated carbocycles. The Kier molecular flexibility index (Phi) is 6.82. The Morgan fingerprint density at radius 2 is 1.58 bits per heavy atom. The molecule has 0 aliphatic heterocycles. The first-order valence-electron chi connectivity index (χ1n) is 8.94. The van der Waals surface area contributed by atoms with Crippen molar-refractivity contribution >= 4 is 44.9 Å². The van der Waals surface area contributed by atoms with Crippen molar-refractivity contribution in [1.82, 2.24) is 0 Å². The summed E-state index contributed by atoms with van der Waals surface area (Å²) in [4.78, 5) is 22.0. The first-order chi connectivity index (χ1) is 15.4. The van der Waals surface area contributed by atoms with E-state index in [0.717, 1.165) is 48.5 Å². The van der Waals surface area contributed by atoms with Gasteiger partial charge in [-0.05, 0) is 54.1 Å². The van der Waals surface area contributed by atoms with Crippen LogP contribution in [0.1, 0.15) is 11.5 Å². The number of phenolic OH excluding ortho intramolecular Hbond substituents is 1. The normalized spacial score (nSPS) is 12.2. The number of rotatable bonds is 7. The number of carbonyl (C=O) groups excluding carboxylic acids is 1. The van der Waals surface area contributed by atoms with Crippen molar-refractivity contribution < 1.29 is 37.3 Å². The molecule has 0 radical (unpaired) electrons. The minimum atomic E-state index is -4.24. The number of carbonyl (C=O) groups is 2. The molecule has 3 aromatic rings. The molecule has 172 valence electrons. The van der Waals surface area contributed by atoms with Crippen molar-refractivity contribution in [3.8, 4) is 17.2 Å². The number of halogens is 3. The quantitative estimate of drug-likeness (QED) is 0.318. The lowest BCUT2D eigenvalue weighted by atomic mass is 9.98. The zero-order valence-electron chi connectivity index (χ0n) is 16.3. The zero-order chi connectivity index (χ0) is 24.5. The van der Waals surface area contributed by atoms with Gasteiger partial charge in [0.1, 0.15) is 22.2 Å². The molecule has 0 saturated heterocycles. The molecule has 0 aliphatic carbocycles. The smallest absolute Gasteiger partial charge is 0.320 e. The summed E-state index contributed by atoms with van der Waals surface area (Å²) < 4.78 is 44.5. The van der Waals surface area contributed by atoms with Crippen LogP contribution in [0, 0.1) is 5.82 Å². The number of sulfone groups is 1. The molecule has 33 heavy (non-hydrogen) atoms. The molecular formula is C21H14Cl2FNO7S. The van der Waals surface area contributed by atoms with E-state index in [1.165, 1.54) is 6.07 Å². The highest BCUT2D eigenvalue weighted by atomic mass is 35.5. The molecule has 12 heteroatoms. The Morgan fingerprint density at radius 3 is 2.09 bits per heavy atom. The number of carboxylic acid groups (broad SMARTS) is 1. The van der Waals surface area contributed by atoms with Crippen LogP contribution in [-0.2, 0) is 19.4 Å². The molecule has 0 fully saturated rings. The number of phenols is 1. The lowest BCUT2D eigenvalue weighted by Crippen LogP contribution is -2.28. The maximum atomic E-state index is 13.2. The van der Waals surface area contributed by atoms with Crippen molar-refractivity contribution in [2.24, 2.45) is 5.73 Å². The number of hydrogen-bond donors (Lipinski definition) is 3. The minimum absolute atomic E-state index is 0.0809. The van der Waals surface area contributed by atoms with Gasteiger partial charge >= 0.3 is 5.97 Å². The number of benzene rings is 3. The van der Waals surface area contributed by atoms with Crippen molar-refractivity contribution in [3.63, 3.8) is 0 Å². The summed E-state index contributed by atoms with van der Waals surface area (Å²) in [5, 5.41) is 18.9. The van der Waals surface area contributed by atoms with Crippen LogP contribution in [0.15, 0.2) is 64.4 Å². The van der Waals surface area contributed by atoms with Crippen molar-refractivity contribution in [2.45, 2.75) is 15.7 Å². The Bertz CT molecular complexity index is 1320. The molecule has 0 aromatic heterocycles. The third-order valence-electron chi connectivity index (χ3n) is 4.45. The van der Waals surface area contributed by atoms with Gasteiger partial charge < -0.3 is 20.7 Å². The summed E-state index contributed by atoms with van der Waals surface area (Å²) in [6, 6.07) is 9.58. The van der Waals surface area contributed by atoms with Crippen molar-refractivity contribution in [2.75, 3.05) is 0 Å². The Balaban J connectivity index is 2.01. The molecule has 0 spiro atoms. The fourth-order valence-corrected chi connectivity index (χ4v) is 4.85. The first-order valence-corrected chi connectivity index (χ1v) is 11.2. The number of nitrogens with two attached hydrogens (primary N) is 1. The lowest BCUT2D eigenvalue weighted by molar-refractivity contribution is -0.142. The van der Waals surface area contributed by atoms with Crippen LogP contribution in [0.2, 0.25) is 10.0 Å². The Morgan fingerprint density at radius 1 is 1.00 bits per heavy atom. The molecule has 0 aliphatic rings. The Labute approximate surface area is 196 Å². The van der Waals surface area contributed by atoms with Gasteiger partial charge in [0.15, 0.2) is 11.7 Å². The average Bonchev–Trinajstić information content (AvgIpc) is 2.71. The molecule has 1 atom stereocenters. The van der Waals surface area contributed by atoms with Gasteiger partial charge in [-0.2, -0.15) is 0 Å². The van der Waals surface area contributed by atoms with Crippen LogP contribution in [0.5, 0.6) is 17.2 Å². The van der Waals surface area contributed by atoms with Gasteiger partial charge in [0.05, 0.1) is 14.9 Å². The molecule has 3 rings (SSSR count). The van der Waals surface area contributed by atoms with E-state index in [9.17, 15) is 32.6 Å². The van der Waals surface area contributed by atoms with Gasteiger partial charge in [0, 0.05) is 6.07 Å². The number of carboxylic acids is 1. The maximum Gasteiger partial charge on any atom is 0.320 e. The third-order valence-corrected chi connectivity index (χ3v) is 6.81. The summed E-state index contributed by atoms with van der Waals surface area (Å²) in [5.41, 5.74) is 5.04. The van der Waals surface area contributed by atoms with Gasteiger partial charge in [-0.1, -0.05) is 23.2 Å². The van der Waals surface area contributed by atoms with Crippen LogP contribution >= 0.6 is 23.2 Å². The maximum absolute atomic E-state index is 13.2. The highest BCUT2D eigenvalue weighted by Crippen LogP contribution is 2.41. The van der Waals surface area contributed by atoms with Gasteiger partial charge in [-0.3, -0.25) is 9.59 Å². The second-order valence-corrected chi connectivity index (χ2v) is 9.41. The number of primary amides is 1. The summed E-state index contributed by atoms with van der Waals surface area (Å²) in [7, 11) is -4.24. The summed E-state index contributed by atoms with van der Waals surface area (Å²) in [6.45, 7) is 0. The van der Waals surface area contributed by atoms with E-state index in [-0.39, 0.29) is 32.0 Å². The third kappa shape index (κ3) is 5.03. The van der Waals surface area contributed by atoms with E-state index < -0.39 is 44.1 Å². The van der Waals surface area contributed by atoms with Crippen LogP contribution in [0.3, 0.4) is 0 Å². The summed E-state index contributed by atoms with van der Waals surface area (Å²) in [5.74, 6) is -5.79. The van der Waals surface area contributed by atoms with E-state index >= 15 is 0 Å². The molecule has 1 amide bonds.